The Kier molecular flexibility index (Phi) is 2.83. The number of nitrogens with zero attached hydrogens (tertiary/aromatic N) is 1. The van der Waals surface area contributed by atoms with Gasteiger partial charge in [0.05, 0.1) is 0 Å². The first kappa shape index (κ1) is 12.1. The van der Waals surface area contributed by atoms with E-state index in [0.29, 0.717) is 11.8 Å². The van der Waals surface area contributed by atoms with Crippen molar-refractivity contribution in [3.05, 3.63) is 47.5 Å². The summed E-state index contributed by atoms with van der Waals surface area (Å²) in [5.74, 6) is 1.22. The van der Waals surface area contributed by atoms with Crippen LogP contribution in [-0.4, -0.2) is 30.9 Å². The Morgan fingerprint density at radius 1 is 1.25 bits per heavy atom. The average Bonchev–Trinajstić information content (AvgIpc) is 2.88. The van der Waals surface area contributed by atoms with Gasteiger partial charge in [0.15, 0.2) is 0 Å². The van der Waals surface area contributed by atoms with Crippen LogP contribution in [0.2, 0.25) is 0 Å². The smallest absolute Gasteiger partial charge is 0.150 e. The maximum Gasteiger partial charge on any atom is 0.150 e. The number of aldehydes is 1. The van der Waals surface area contributed by atoms with Gasteiger partial charge in [0.2, 0.25) is 0 Å². The summed E-state index contributed by atoms with van der Waals surface area (Å²) in [7, 11) is 0. The van der Waals surface area contributed by atoms with Gasteiger partial charge in [0.1, 0.15) is 6.29 Å². The quantitative estimate of drug-likeness (QED) is 0.848. The number of benzene rings is 2. The number of hydrogen-bond acceptors (Lipinski definition) is 3. The normalized spacial score (nSPS) is 28.7. The van der Waals surface area contributed by atoms with Crippen LogP contribution in [0.3, 0.4) is 0 Å². The van der Waals surface area contributed by atoms with E-state index in [1.165, 1.54) is 22.8 Å². The summed E-state index contributed by atoms with van der Waals surface area (Å²) < 4.78 is 0. The summed E-state index contributed by atoms with van der Waals surface area (Å²) in [5.41, 5.74) is 5.63. The van der Waals surface area contributed by atoms with Crippen molar-refractivity contribution in [3.63, 3.8) is 0 Å². The number of fused-ring (bicyclic) bond motifs is 3. The zero-order valence-corrected chi connectivity index (χ0v) is 11.4. The van der Waals surface area contributed by atoms with Crippen molar-refractivity contribution in [2.75, 3.05) is 19.6 Å². The molecular formula is C17H18N2O. The van der Waals surface area contributed by atoms with Crippen molar-refractivity contribution < 1.29 is 4.79 Å². The zero-order valence-electron chi connectivity index (χ0n) is 11.4. The third kappa shape index (κ3) is 1.86. The Balaban J connectivity index is 1.87. The van der Waals surface area contributed by atoms with Crippen LogP contribution in [-0.2, 0) is 0 Å². The SMILES string of the molecule is O=Cc1cc(C2CNN3CCC2C3)c2ccccc2c1. The van der Waals surface area contributed by atoms with Gasteiger partial charge in [-0.05, 0) is 40.8 Å². The number of carbonyl (C=O) groups is 1. The van der Waals surface area contributed by atoms with E-state index >= 15 is 0 Å². The molecule has 102 valence electrons. The zero-order chi connectivity index (χ0) is 13.5. The fourth-order valence-corrected chi connectivity index (χ4v) is 3.76. The van der Waals surface area contributed by atoms with E-state index in [9.17, 15) is 4.79 Å². The second kappa shape index (κ2) is 4.69. The van der Waals surface area contributed by atoms with Crippen LogP contribution in [0, 0.1) is 5.92 Å². The average molecular weight is 266 g/mol. The molecule has 2 heterocycles. The lowest BCUT2D eigenvalue weighted by Gasteiger charge is -2.32. The molecule has 0 saturated carbocycles. The molecule has 1 N–H and O–H groups in total. The molecule has 0 radical (unpaired) electrons. The first-order valence-corrected chi connectivity index (χ1v) is 7.31. The molecule has 20 heavy (non-hydrogen) atoms. The molecule has 2 bridgehead atoms. The molecule has 2 saturated heterocycles. The van der Waals surface area contributed by atoms with Crippen LogP contribution in [0.25, 0.3) is 10.8 Å². The molecule has 3 heteroatoms. The largest absolute Gasteiger partial charge is 0.298 e. The molecule has 0 spiro atoms. The molecule has 0 aromatic heterocycles. The van der Waals surface area contributed by atoms with Crippen LogP contribution < -0.4 is 5.43 Å². The molecule has 2 fully saturated rings. The van der Waals surface area contributed by atoms with Gasteiger partial charge < -0.3 is 0 Å². The van der Waals surface area contributed by atoms with Crippen LogP contribution in [0.15, 0.2) is 36.4 Å². The van der Waals surface area contributed by atoms with Gasteiger partial charge in [-0.2, -0.15) is 0 Å². The Hall–Kier alpha value is -1.71. The summed E-state index contributed by atoms with van der Waals surface area (Å²) in [4.78, 5) is 11.2. The van der Waals surface area contributed by atoms with Crippen molar-refractivity contribution in [1.29, 1.82) is 0 Å². The molecular weight excluding hydrogens is 248 g/mol. The van der Waals surface area contributed by atoms with Gasteiger partial charge in [-0.1, -0.05) is 24.3 Å². The standard InChI is InChI=1S/C17H18N2O/c20-11-12-7-13-3-1-2-4-15(13)16(8-12)17-9-18-19-6-5-14(17)10-19/h1-4,7-8,11,14,17-18H,5-6,9-10H2. The summed E-state index contributed by atoms with van der Waals surface area (Å²) >= 11 is 0. The molecule has 2 aliphatic rings. The summed E-state index contributed by atoms with van der Waals surface area (Å²) in [6.07, 6.45) is 2.21. The van der Waals surface area contributed by atoms with E-state index < -0.39 is 0 Å². The molecule has 4 rings (SSSR count). The van der Waals surface area contributed by atoms with Crippen molar-refractivity contribution in [1.82, 2.24) is 10.4 Å². The number of nitrogens with one attached hydrogen (secondary N) is 1. The highest BCUT2D eigenvalue weighted by Gasteiger charge is 2.35. The maximum absolute atomic E-state index is 11.2. The van der Waals surface area contributed by atoms with E-state index in [0.717, 1.165) is 31.5 Å². The molecule has 3 atom stereocenters. The molecule has 2 aromatic rings. The second-order valence-electron chi connectivity index (χ2n) is 5.91. The van der Waals surface area contributed by atoms with Crippen molar-refractivity contribution in [2.24, 2.45) is 5.92 Å². The summed E-state index contributed by atoms with van der Waals surface area (Å²) in [5, 5.41) is 4.80. The monoisotopic (exact) mass is 266 g/mol. The van der Waals surface area contributed by atoms with Crippen molar-refractivity contribution in [3.8, 4) is 0 Å². The highest BCUT2D eigenvalue weighted by molar-refractivity contribution is 5.92. The van der Waals surface area contributed by atoms with Gasteiger partial charge in [0, 0.05) is 31.1 Å². The van der Waals surface area contributed by atoms with E-state index in [1.807, 2.05) is 12.1 Å². The number of carbonyl (C=O) groups excluding carboxylic acids is 1. The Bertz CT molecular complexity index is 667. The molecule has 2 aromatic carbocycles. The van der Waals surface area contributed by atoms with Gasteiger partial charge in [0.25, 0.3) is 0 Å². The highest BCUT2D eigenvalue weighted by Crippen LogP contribution is 2.37. The Morgan fingerprint density at radius 3 is 3.05 bits per heavy atom. The Labute approximate surface area is 118 Å². The minimum atomic E-state index is 0.513. The maximum atomic E-state index is 11.2. The second-order valence-corrected chi connectivity index (χ2v) is 5.91. The molecule has 3 unspecified atom stereocenters. The number of hydrogen-bond donors (Lipinski definition) is 1. The van der Waals surface area contributed by atoms with E-state index in [-0.39, 0.29) is 0 Å². The minimum Gasteiger partial charge on any atom is -0.298 e. The van der Waals surface area contributed by atoms with Crippen LogP contribution in [0.5, 0.6) is 0 Å². The van der Waals surface area contributed by atoms with Gasteiger partial charge >= 0.3 is 0 Å². The fraction of sp³-hybridized carbons (Fsp3) is 0.353. The molecule has 0 aliphatic carbocycles. The van der Waals surface area contributed by atoms with Gasteiger partial charge in [-0.25, -0.2) is 5.01 Å². The lowest BCUT2D eigenvalue weighted by Crippen LogP contribution is -2.44. The molecule has 2 aliphatic heterocycles. The minimum absolute atomic E-state index is 0.513. The first-order chi connectivity index (χ1) is 9.85. The third-order valence-electron chi connectivity index (χ3n) is 4.78. The van der Waals surface area contributed by atoms with Crippen LogP contribution in [0.4, 0.5) is 0 Å². The summed E-state index contributed by atoms with van der Waals surface area (Å²) in [6, 6.07) is 12.5. The van der Waals surface area contributed by atoms with E-state index in [4.69, 9.17) is 0 Å². The van der Waals surface area contributed by atoms with Crippen molar-refractivity contribution >= 4 is 17.1 Å². The molecule has 3 nitrogen and oxygen atoms in total. The molecule has 0 amide bonds. The van der Waals surface area contributed by atoms with Crippen LogP contribution in [0.1, 0.15) is 28.3 Å². The fourth-order valence-electron chi connectivity index (χ4n) is 3.76. The predicted molar refractivity (Wildman–Crippen MR) is 79.8 cm³/mol. The van der Waals surface area contributed by atoms with E-state index in [1.54, 1.807) is 0 Å². The number of hydrazine groups is 1. The van der Waals surface area contributed by atoms with E-state index in [2.05, 4.69) is 34.7 Å². The lowest BCUT2D eigenvalue weighted by atomic mass is 9.82. The van der Waals surface area contributed by atoms with Crippen LogP contribution >= 0.6 is 0 Å². The summed E-state index contributed by atoms with van der Waals surface area (Å²) in [6.45, 7) is 3.26. The highest BCUT2D eigenvalue weighted by atomic mass is 16.1. The Morgan fingerprint density at radius 2 is 2.15 bits per heavy atom. The van der Waals surface area contributed by atoms with Crippen molar-refractivity contribution in [2.45, 2.75) is 12.3 Å². The topological polar surface area (TPSA) is 32.3 Å². The first-order valence-electron chi connectivity index (χ1n) is 7.31. The predicted octanol–water partition coefficient (Wildman–Crippen LogP) is 2.58. The van der Waals surface area contributed by atoms with Gasteiger partial charge in [-0.15, -0.1) is 0 Å². The third-order valence-corrected chi connectivity index (χ3v) is 4.78. The lowest BCUT2D eigenvalue weighted by molar-refractivity contribution is 0.112. The number of rotatable bonds is 2. The van der Waals surface area contributed by atoms with Gasteiger partial charge in [-0.3, -0.25) is 10.2 Å².